The Kier molecular flexibility index (Phi) is 4.64. The fourth-order valence-electron chi connectivity index (χ4n) is 4.01. The van der Waals surface area contributed by atoms with Crippen molar-refractivity contribution in [2.24, 2.45) is 10.8 Å². The van der Waals surface area contributed by atoms with Crippen molar-refractivity contribution in [1.82, 2.24) is 9.80 Å². The highest BCUT2D eigenvalue weighted by molar-refractivity contribution is 5.95. The molecule has 2 fully saturated rings. The van der Waals surface area contributed by atoms with Gasteiger partial charge in [-0.05, 0) is 26.7 Å². The zero-order valence-corrected chi connectivity index (χ0v) is 14.3. The summed E-state index contributed by atoms with van der Waals surface area (Å²) in [5.41, 5.74) is -1.25. The molecule has 0 aromatic rings. The number of piperidine rings is 2. The molecule has 0 aliphatic carbocycles. The van der Waals surface area contributed by atoms with Crippen molar-refractivity contribution in [2.45, 2.75) is 53.4 Å². The van der Waals surface area contributed by atoms with Crippen LogP contribution in [0.4, 0.5) is 0 Å². The Hall–Kier alpha value is -1.39. The molecule has 2 aliphatic rings. The first-order valence-corrected chi connectivity index (χ1v) is 8.36. The van der Waals surface area contributed by atoms with E-state index in [1.165, 1.54) is 0 Å². The summed E-state index contributed by atoms with van der Waals surface area (Å²) >= 11 is 0. The van der Waals surface area contributed by atoms with Crippen LogP contribution in [-0.2, 0) is 14.4 Å². The van der Waals surface area contributed by atoms with Crippen LogP contribution >= 0.6 is 0 Å². The predicted octanol–water partition coefficient (Wildman–Crippen LogP) is 1.85. The van der Waals surface area contributed by atoms with Crippen LogP contribution in [0.1, 0.15) is 53.4 Å². The molecule has 0 atom stereocenters. The van der Waals surface area contributed by atoms with Crippen LogP contribution in [0.3, 0.4) is 0 Å². The molecule has 0 unspecified atom stereocenters. The number of carbonyl (C=O) groups excluding carboxylic acids is 3. The molecule has 22 heavy (non-hydrogen) atoms. The Bertz CT molecular complexity index is 432. The van der Waals surface area contributed by atoms with E-state index in [1.54, 1.807) is 0 Å². The molecule has 5 nitrogen and oxygen atoms in total. The van der Waals surface area contributed by atoms with Gasteiger partial charge in [-0.2, -0.15) is 0 Å². The monoisotopic (exact) mass is 308 g/mol. The van der Waals surface area contributed by atoms with E-state index in [1.807, 2.05) is 37.5 Å². The van der Waals surface area contributed by atoms with Crippen LogP contribution in [0.15, 0.2) is 0 Å². The predicted molar refractivity (Wildman–Crippen MR) is 84.2 cm³/mol. The summed E-state index contributed by atoms with van der Waals surface area (Å²) in [6, 6.07) is 0. The van der Waals surface area contributed by atoms with E-state index >= 15 is 0 Å². The Morgan fingerprint density at radius 1 is 0.864 bits per heavy atom. The highest BCUT2D eigenvalue weighted by Crippen LogP contribution is 2.42. The summed E-state index contributed by atoms with van der Waals surface area (Å²) in [6.45, 7) is 9.55. The third kappa shape index (κ3) is 2.90. The zero-order chi connectivity index (χ0) is 16.5. The number of hydrogen-bond donors (Lipinski definition) is 0. The molecular formula is C17H28N2O3. The van der Waals surface area contributed by atoms with Crippen LogP contribution in [0, 0.1) is 10.8 Å². The molecule has 2 amide bonds. The molecule has 124 valence electrons. The number of likely N-dealkylation sites (tertiary alicyclic amines) is 2. The molecule has 0 aromatic heterocycles. The lowest BCUT2D eigenvalue weighted by Crippen LogP contribution is -2.69. The molecule has 5 heteroatoms. The van der Waals surface area contributed by atoms with Crippen molar-refractivity contribution in [3.8, 4) is 0 Å². The third-order valence-electron chi connectivity index (χ3n) is 4.89. The molecule has 0 saturated carbocycles. The fraction of sp³-hybridized carbons (Fsp3) is 0.824. The molecule has 0 spiro atoms. The number of carbonyl (C=O) groups is 3. The average molecular weight is 308 g/mol. The quantitative estimate of drug-likeness (QED) is 0.796. The average Bonchev–Trinajstić information content (AvgIpc) is 2.42. The molecule has 2 aliphatic heterocycles. The first kappa shape index (κ1) is 17.0. The maximum Gasteiger partial charge on any atom is 0.222 e. The zero-order valence-electron chi connectivity index (χ0n) is 14.3. The minimum Gasteiger partial charge on any atom is -0.341 e. The third-order valence-corrected chi connectivity index (χ3v) is 4.89. The van der Waals surface area contributed by atoms with E-state index in [9.17, 15) is 14.4 Å². The topological polar surface area (TPSA) is 57.7 Å². The maximum atomic E-state index is 12.8. The van der Waals surface area contributed by atoms with Gasteiger partial charge in [-0.3, -0.25) is 14.4 Å². The second-order valence-electron chi connectivity index (χ2n) is 7.45. The van der Waals surface area contributed by atoms with Crippen molar-refractivity contribution in [3.05, 3.63) is 0 Å². The first-order valence-electron chi connectivity index (χ1n) is 8.36. The van der Waals surface area contributed by atoms with Gasteiger partial charge in [0.2, 0.25) is 11.8 Å². The van der Waals surface area contributed by atoms with Crippen LogP contribution in [0.5, 0.6) is 0 Å². The van der Waals surface area contributed by atoms with Crippen molar-refractivity contribution < 1.29 is 14.4 Å². The van der Waals surface area contributed by atoms with E-state index in [-0.39, 0.29) is 17.6 Å². The van der Waals surface area contributed by atoms with Gasteiger partial charge in [-0.15, -0.1) is 0 Å². The van der Waals surface area contributed by atoms with E-state index in [0.717, 1.165) is 12.8 Å². The fourth-order valence-corrected chi connectivity index (χ4v) is 4.01. The Labute approximate surface area is 133 Å². The van der Waals surface area contributed by atoms with Gasteiger partial charge in [0.25, 0.3) is 0 Å². The second kappa shape index (κ2) is 6.01. The van der Waals surface area contributed by atoms with Crippen LogP contribution in [-0.4, -0.2) is 53.6 Å². The molecule has 2 heterocycles. The lowest BCUT2D eigenvalue weighted by molar-refractivity contribution is -0.166. The van der Waals surface area contributed by atoms with Crippen molar-refractivity contribution in [2.75, 3.05) is 26.2 Å². The molecule has 0 N–H and O–H groups in total. The highest BCUT2D eigenvalue weighted by atomic mass is 16.2. The molecule has 2 saturated heterocycles. The van der Waals surface area contributed by atoms with E-state index in [0.29, 0.717) is 39.0 Å². The number of ketones is 1. The molecule has 2 rings (SSSR count). The summed E-state index contributed by atoms with van der Waals surface area (Å²) in [5, 5.41) is 0. The summed E-state index contributed by atoms with van der Waals surface area (Å²) in [6.07, 6.45) is 2.69. The lowest BCUT2D eigenvalue weighted by Gasteiger charge is -2.55. The van der Waals surface area contributed by atoms with Gasteiger partial charge in [0.15, 0.2) is 5.78 Å². The number of Topliss-reactive ketones (excluding diaryl/α,β-unsaturated/α-hetero) is 1. The Balaban J connectivity index is 2.23. The number of hydrogen-bond acceptors (Lipinski definition) is 3. The van der Waals surface area contributed by atoms with Gasteiger partial charge in [0.05, 0.1) is 10.8 Å². The maximum absolute atomic E-state index is 12.8. The summed E-state index contributed by atoms with van der Waals surface area (Å²) in [5.74, 6) is 0.461. The number of rotatable bonds is 4. The van der Waals surface area contributed by atoms with Crippen LogP contribution in [0.25, 0.3) is 0 Å². The van der Waals surface area contributed by atoms with Crippen molar-refractivity contribution in [3.63, 3.8) is 0 Å². The molecular weight excluding hydrogens is 280 g/mol. The summed E-state index contributed by atoms with van der Waals surface area (Å²) < 4.78 is 0. The van der Waals surface area contributed by atoms with Crippen LogP contribution < -0.4 is 0 Å². The van der Waals surface area contributed by atoms with Crippen molar-refractivity contribution in [1.29, 1.82) is 0 Å². The molecule has 0 aromatic carbocycles. The molecule has 2 bridgehead atoms. The van der Waals surface area contributed by atoms with E-state index < -0.39 is 10.8 Å². The highest BCUT2D eigenvalue weighted by Gasteiger charge is 2.57. The summed E-state index contributed by atoms with van der Waals surface area (Å²) in [4.78, 5) is 41.1. The summed E-state index contributed by atoms with van der Waals surface area (Å²) in [7, 11) is 0. The SMILES string of the molecule is CCCC(=O)N1CC2(C)CN(C(=O)CCC)CC(C)(C1)C2=O. The second-order valence-corrected chi connectivity index (χ2v) is 7.45. The van der Waals surface area contributed by atoms with Gasteiger partial charge < -0.3 is 9.80 Å². The smallest absolute Gasteiger partial charge is 0.222 e. The lowest BCUT2D eigenvalue weighted by atomic mass is 9.64. The Morgan fingerprint density at radius 2 is 1.18 bits per heavy atom. The van der Waals surface area contributed by atoms with Gasteiger partial charge in [0.1, 0.15) is 0 Å². The standard InChI is InChI=1S/C17H28N2O3/c1-5-7-13(20)18-9-16(3)11-19(14(21)8-6-2)12-17(4,10-18)15(16)22/h5-12H2,1-4H3. The van der Waals surface area contributed by atoms with Crippen LogP contribution in [0.2, 0.25) is 0 Å². The Morgan fingerprint density at radius 3 is 1.45 bits per heavy atom. The van der Waals surface area contributed by atoms with E-state index in [4.69, 9.17) is 0 Å². The molecule has 0 radical (unpaired) electrons. The van der Waals surface area contributed by atoms with E-state index in [2.05, 4.69) is 0 Å². The first-order chi connectivity index (χ1) is 10.3. The van der Waals surface area contributed by atoms with Gasteiger partial charge >= 0.3 is 0 Å². The largest absolute Gasteiger partial charge is 0.341 e. The van der Waals surface area contributed by atoms with Gasteiger partial charge in [0, 0.05) is 39.0 Å². The minimum absolute atomic E-state index is 0.126. The number of amides is 2. The van der Waals surface area contributed by atoms with Gasteiger partial charge in [-0.25, -0.2) is 0 Å². The van der Waals surface area contributed by atoms with Gasteiger partial charge in [-0.1, -0.05) is 13.8 Å². The number of nitrogens with zero attached hydrogens (tertiary/aromatic N) is 2. The number of fused-ring (bicyclic) bond motifs is 2. The van der Waals surface area contributed by atoms with Crippen molar-refractivity contribution >= 4 is 17.6 Å². The normalized spacial score (nSPS) is 31.4. The minimum atomic E-state index is -0.627.